The summed E-state index contributed by atoms with van der Waals surface area (Å²) in [6.45, 7) is 1.40. The van der Waals surface area contributed by atoms with E-state index in [1.165, 1.54) is 12.1 Å². The molecule has 6 nitrogen and oxygen atoms in total. The molecular formula is C26H25F3N4O2. The molecule has 1 fully saturated rings. The molecule has 1 aliphatic heterocycles. The second-order valence-electron chi connectivity index (χ2n) is 9.12. The first-order chi connectivity index (χ1) is 16.8. The molecule has 2 atom stereocenters. The van der Waals surface area contributed by atoms with Crippen molar-refractivity contribution < 1.29 is 23.1 Å². The van der Waals surface area contributed by atoms with Crippen LogP contribution in [0.3, 0.4) is 0 Å². The molecule has 0 saturated carbocycles. The molecule has 0 radical (unpaired) electrons. The number of nitrogens with two attached hydrogens (primary N) is 1. The van der Waals surface area contributed by atoms with Crippen LogP contribution in [0.25, 0.3) is 11.3 Å². The molecule has 182 valence electrons. The van der Waals surface area contributed by atoms with Gasteiger partial charge in [0.15, 0.2) is 5.78 Å². The smallest absolute Gasteiger partial charge is 0.185 e. The molecule has 35 heavy (non-hydrogen) atoms. The third kappa shape index (κ3) is 4.41. The SMILES string of the molecule is N[C@H]1CCCN(c2c(CC(=O)c3ccc(F)c(-c4c(F)cccc4F)n3)cnc3c2CCC3O)C1. The molecule has 1 aromatic carbocycles. The quantitative estimate of drug-likeness (QED) is 0.536. The normalized spacial score (nSPS) is 19.6. The van der Waals surface area contributed by atoms with Gasteiger partial charge in [-0.05, 0) is 49.9 Å². The lowest BCUT2D eigenvalue weighted by atomic mass is 9.98. The van der Waals surface area contributed by atoms with Crippen LogP contribution in [-0.2, 0) is 12.8 Å². The standard InChI is InChI=1S/C26H25F3N4O2/c27-17-4-1-5-18(28)23(17)25-19(29)7-8-20(32-25)22(35)11-14-12-31-24-16(6-9-21(24)34)26(14)33-10-2-3-15(30)13-33/h1,4-5,7-8,12,15,21,34H,2-3,6,9-11,13,30H2/t15-,21?/m0/s1. The number of aliphatic hydroxyl groups is 1. The monoisotopic (exact) mass is 482 g/mol. The molecule has 3 aromatic rings. The average molecular weight is 483 g/mol. The Bertz CT molecular complexity index is 1280. The van der Waals surface area contributed by atoms with Gasteiger partial charge in [0.2, 0.25) is 0 Å². The number of ketones is 1. The number of piperidine rings is 1. The highest BCUT2D eigenvalue weighted by Crippen LogP contribution is 2.39. The van der Waals surface area contributed by atoms with Gasteiger partial charge in [0.25, 0.3) is 0 Å². The summed E-state index contributed by atoms with van der Waals surface area (Å²) in [5.41, 5.74) is 7.98. The fraction of sp³-hybridized carbons (Fsp3) is 0.346. The van der Waals surface area contributed by atoms with E-state index >= 15 is 0 Å². The van der Waals surface area contributed by atoms with E-state index < -0.39 is 40.6 Å². The molecule has 0 spiro atoms. The predicted molar refractivity (Wildman–Crippen MR) is 125 cm³/mol. The van der Waals surface area contributed by atoms with Crippen molar-refractivity contribution in [3.63, 3.8) is 0 Å². The van der Waals surface area contributed by atoms with E-state index in [1.807, 2.05) is 0 Å². The van der Waals surface area contributed by atoms with Gasteiger partial charge in [0.05, 0.1) is 17.4 Å². The predicted octanol–water partition coefficient (Wildman–Crippen LogP) is 3.89. The van der Waals surface area contributed by atoms with E-state index in [-0.39, 0.29) is 18.2 Å². The number of pyridine rings is 2. The van der Waals surface area contributed by atoms with Gasteiger partial charge in [-0.2, -0.15) is 0 Å². The number of carbonyl (C=O) groups excluding carboxylic acids is 1. The number of benzene rings is 1. The summed E-state index contributed by atoms with van der Waals surface area (Å²) in [4.78, 5) is 23.8. The van der Waals surface area contributed by atoms with Gasteiger partial charge in [0.1, 0.15) is 28.8 Å². The summed E-state index contributed by atoms with van der Waals surface area (Å²) in [5, 5.41) is 10.3. The zero-order chi connectivity index (χ0) is 24.7. The van der Waals surface area contributed by atoms with E-state index in [1.54, 1.807) is 6.20 Å². The van der Waals surface area contributed by atoms with Gasteiger partial charge in [-0.15, -0.1) is 0 Å². The number of hydrogen-bond donors (Lipinski definition) is 2. The van der Waals surface area contributed by atoms with E-state index in [0.29, 0.717) is 30.6 Å². The third-order valence-electron chi connectivity index (χ3n) is 6.70. The van der Waals surface area contributed by atoms with Crippen LogP contribution >= 0.6 is 0 Å². The van der Waals surface area contributed by atoms with E-state index in [2.05, 4.69) is 14.9 Å². The van der Waals surface area contributed by atoms with Gasteiger partial charge in [-0.1, -0.05) is 6.07 Å². The van der Waals surface area contributed by atoms with Gasteiger partial charge in [-0.25, -0.2) is 18.2 Å². The molecule has 2 aliphatic rings. The highest BCUT2D eigenvalue weighted by Gasteiger charge is 2.31. The summed E-state index contributed by atoms with van der Waals surface area (Å²) < 4.78 is 43.0. The summed E-state index contributed by atoms with van der Waals surface area (Å²) in [6.07, 6.45) is 3.86. The first kappa shape index (κ1) is 23.4. The molecule has 2 aromatic heterocycles. The van der Waals surface area contributed by atoms with Gasteiger partial charge in [0, 0.05) is 48.6 Å². The number of hydrogen-bond acceptors (Lipinski definition) is 6. The number of aliphatic hydroxyl groups excluding tert-OH is 1. The number of Topliss-reactive ketones (excluding diaryl/α,β-unsaturated/α-hetero) is 1. The first-order valence-corrected chi connectivity index (χ1v) is 11.7. The zero-order valence-electron chi connectivity index (χ0n) is 19.0. The van der Waals surface area contributed by atoms with E-state index in [0.717, 1.165) is 48.8 Å². The maximum atomic E-state index is 14.5. The minimum Gasteiger partial charge on any atom is -0.387 e. The van der Waals surface area contributed by atoms with Crippen LogP contribution in [-0.4, -0.2) is 40.0 Å². The van der Waals surface area contributed by atoms with Crippen LogP contribution in [0.2, 0.25) is 0 Å². The summed E-state index contributed by atoms with van der Waals surface area (Å²) in [6, 6.07) is 5.39. The number of halogens is 3. The fourth-order valence-electron chi connectivity index (χ4n) is 5.05. The van der Waals surface area contributed by atoms with Gasteiger partial charge in [-0.3, -0.25) is 9.78 Å². The van der Waals surface area contributed by atoms with Crippen molar-refractivity contribution in [1.82, 2.24) is 9.97 Å². The molecular weight excluding hydrogens is 457 g/mol. The maximum Gasteiger partial charge on any atom is 0.185 e. The summed E-state index contributed by atoms with van der Waals surface area (Å²) in [7, 11) is 0. The Morgan fingerprint density at radius 2 is 1.89 bits per heavy atom. The van der Waals surface area contributed by atoms with Crippen molar-refractivity contribution in [3.05, 3.63) is 76.5 Å². The molecule has 9 heteroatoms. The van der Waals surface area contributed by atoms with Crippen molar-refractivity contribution in [2.45, 2.75) is 44.2 Å². The molecule has 3 N–H and O–H groups in total. The summed E-state index contributed by atoms with van der Waals surface area (Å²) in [5.74, 6) is -3.30. The van der Waals surface area contributed by atoms with E-state index in [4.69, 9.17) is 5.73 Å². The highest BCUT2D eigenvalue weighted by molar-refractivity contribution is 5.97. The Morgan fingerprint density at radius 3 is 2.63 bits per heavy atom. The van der Waals surface area contributed by atoms with Crippen molar-refractivity contribution in [2.24, 2.45) is 5.73 Å². The van der Waals surface area contributed by atoms with Crippen molar-refractivity contribution >= 4 is 11.5 Å². The lowest BCUT2D eigenvalue weighted by Crippen LogP contribution is -2.43. The van der Waals surface area contributed by atoms with Crippen molar-refractivity contribution in [3.8, 4) is 11.3 Å². The molecule has 5 rings (SSSR count). The number of carbonyl (C=O) groups is 1. The minimum absolute atomic E-state index is 0.000526. The van der Waals surface area contributed by atoms with Crippen LogP contribution in [0.4, 0.5) is 18.9 Å². The van der Waals surface area contributed by atoms with Gasteiger partial charge < -0.3 is 15.7 Å². The third-order valence-corrected chi connectivity index (χ3v) is 6.70. The Labute approximate surface area is 200 Å². The van der Waals surface area contributed by atoms with Crippen LogP contribution in [0.1, 0.15) is 52.7 Å². The first-order valence-electron chi connectivity index (χ1n) is 11.7. The lowest BCUT2D eigenvalue weighted by molar-refractivity contribution is 0.0988. The van der Waals surface area contributed by atoms with Crippen molar-refractivity contribution in [2.75, 3.05) is 18.0 Å². The molecule has 1 unspecified atom stereocenters. The number of nitrogens with zero attached hydrogens (tertiary/aromatic N) is 3. The number of aromatic nitrogens is 2. The van der Waals surface area contributed by atoms with Crippen molar-refractivity contribution in [1.29, 1.82) is 0 Å². The largest absolute Gasteiger partial charge is 0.387 e. The van der Waals surface area contributed by atoms with Crippen LogP contribution in [0, 0.1) is 17.5 Å². The minimum atomic E-state index is -0.967. The molecule has 1 aliphatic carbocycles. The lowest BCUT2D eigenvalue weighted by Gasteiger charge is -2.35. The Kier molecular flexibility index (Phi) is 6.29. The Balaban J connectivity index is 1.51. The Hall–Kier alpha value is -3.30. The maximum absolute atomic E-state index is 14.5. The van der Waals surface area contributed by atoms with Gasteiger partial charge >= 0.3 is 0 Å². The van der Waals surface area contributed by atoms with Crippen LogP contribution in [0.5, 0.6) is 0 Å². The second kappa shape index (κ2) is 9.39. The van der Waals surface area contributed by atoms with Crippen LogP contribution in [0.15, 0.2) is 36.5 Å². The molecule has 0 amide bonds. The second-order valence-corrected chi connectivity index (χ2v) is 9.12. The zero-order valence-corrected chi connectivity index (χ0v) is 19.0. The Morgan fingerprint density at radius 1 is 1.11 bits per heavy atom. The molecule has 3 heterocycles. The average Bonchev–Trinajstić information content (AvgIpc) is 3.20. The number of anilines is 1. The topological polar surface area (TPSA) is 92.3 Å². The molecule has 0 bridgehead atoms. The summed E-state index contributed by atoms with van der Waals surface area (Å²) >= 11 is 0. The number of rotatable bonds is 5. The number of fused-ring (bicyclic) bond motifs is 1. The van der Waals surface area contributed by atoms with Crippen LogP contribution < -0.4 is 10.6 Å². The molecule has 1 saturated heterocycles. The van der Waals surface area contributed by atoms with E-state index in [9.17, 15) is 23.1 Å². The fourth-order valence-corrected chi connectivity index (χ4v) is 5.05. The highest BCUT2D eigenvalue weighted by atomic mass is 19.1.